The molecule has 92 valence electrons. The van der Waals surface area contributed by atoms with Crippen molar-refractivity contribution in [2.75, 3.05) is 29.5 Å². The van der Waals surface area contributed by atoms with Gasteiger partial charge in [-0.15, -0.1) is 0 Å². The maximum Gasteiger partial charge on any atom is 0.337 e. The highest BCUT2D eigenvalue weighted by Crippen LogP contribution is 2.30. The van der Waals surface area contributed by atoms with E-state index in [9.17, 15) is 4.79 Å². The van der Waals surface area contributed by atoms with E-state index in [2.05, 4.69) is 11.8 Å². The Morgan fingerprint density at radius 2 is 2.35 bits per heavy atom. The minimum Gasteiger partial charge on any atom is -0.478 e. The Balaban J connectivity index is 2.32. The van der Waals surface area contributed by atoms with Crippen molar-refractivity contribution in [2.24, 2.45) is 0 Å². The molecule has 1 fully saturated rings. The third-order valence-corrected chi connectivity index (χ3v) is 4.03. The first-order chi connectivity index (χ1) is 8.09. The zero-order chi connectivity index (χ0) is 12.4. The molecule has 5 heteroatoms. The second-order valence-corrected chi connectivity index (χ2v) is 5.72. The molecule has 0 bridgehead atoms. The van der Waals surface area contributed by atoms with Crippen LogP contribution in [0.25, 0.3) is 0 Å². The average molecular weight is 252 g/mol. The monoisotopic (exact) mass is 252 g/mol. The van der Waals surface area contributed by atoms with Gasteiger partial charge in [-0.1, -0.05) is 13.0 Å². The summed E-state index contributed by atoms with van der Waals surface area (Å²) < 4.78 is 0. The first kappa shape index (κ1) is 12.1. The second-order valence-electron chi connectivity index (χ2n) is 4.17. The Morgan fingerprint density at radius 3 is 3.00 bits per heavy atom. The maximum atomic E-state index is 11.0. The fourth-order valence-electron chi connectivity index (χ4n) is 2.05. The summed E-state index contributed by atoms with van der Waals surface area (Å²) in [6.45, 7) is 4.01. The van der Waals surface area contributed by atoms with Gasteiger partial charge in [-0.3, -0.25) is 0 Å². The van der Waals surface area contributed by atoms with E-state index in [4.69, 9.17) is 10.8 Å². The van der Waals surface area contributed by atoms with Crippen LogP contribution in [0.15, 0.2) is 18.2 Å². The van der Waals surface area contributed by atoms with Crippen LogP contribution in [0.5, 0.6) is 0 Å². The van der Waals surface area contributed by atoms with Crippen LogP contribution in [0.3, 0.4) is 0 Å². The molecule has 1 atom stereocenters. The van der Waals surface area contributed by atoms with E-state index >= 15 is 0 Å². The van der Waals surface area contributed by atoms with Gasteiger partial charge in [-0.05, 0) is 12.1 Å². The minimum absolute atomic E-state index is 0.188. The van der Waals surface area contributed by atoms with Gasteiger partial charge >= 0.3 is 5.97 Å². The molecule has 2 rings (SSSR count). The van der Waals surface area contributed by atoms with Crippen molar-refractivity contribution in [3.63, 3.8) is 0 Å². The maximum absolute atomic E-state index is 11.0. The second kappa shape index (κ2) is 4.87. The van der Waals surface area contributed by atoms with E-state index in [0.29, 0.717) is 10.9 Å². The summed E-state index contributed by atoms with van der Waals surface area (Å²) in [5.41, 5.74) is 7.34. The highest BCUT2D eigenvalue weighted by atomic mass is 32.2. The van der Waals surface area contributed by atoms with Gasteiger partial charge in [0.25, 0.3) is 0 Å². The van der Waals surface area contributed by atoms with E-state index in [-0.39, 0.29) is 5.56 Å². The quantitative estimate of drug-likeness (QED) is 0.787. The Labute approximate surface area is 105 Å². The first-order valence-electron chi connectivity index (χ1n) is 5.58. The van der Waals surface area contributed by atoms with Gasteiger partial charge in [-0.25, -0.2) is 4.79 Å². The van der Waals surface area contributed by atoms with Gasteiger partial charge in [0.2, 0.25) is 0 Å². The normalized spacial score (nSPS) is 20.3. The van der Waals surface area contributed by atoms with E-state index in [0.717, 1.165) is 24.5 Å². The summed E-state index contributed by atoms with van der Waals surface area (Å²) in [5, 5.41) is 9.59. The largest absolute Gasteiger partial charge is 0.478 e. The van der Waals surface area contributed by atoms with E-state index < -0.39 is 5.97 Å². The van der Waals surface area contributed by atoms with Gasteiger partial charge in [0.05, 0.1) is 16.9 Å². The summed E-state index contributed by atoms with van der Waals surface area (Å²) in [7, 11) is 0. The van der Waals surface area contributed by atoms with Crippen LogP contribution in [0.4, 0.5) is 11.4 Å². The summed E-state index contributed by atoms with van der Waals surface area (Å²) in [6.07, 6.45) is 0. The smallest absolute Gasteiger partial charge is 0.337 e. The van der Waals surface area contributed by atoms with Crippen molar-refractivity contribution in [3.05, 3.63) is 23.8 Å². The van der Waals surface area contributed by atoms with Crippen molar-refractivity contribution < 1.29 is 9.90 Å². The molecule has 4 nitrogen and oxygen atoms in total. The number of carboxylic acids is 1. The van der Waals surface area contributed by atoms with E-state index in [1.807, 2.05) is 17.8 Å². The molecular weight excluding hydrogens is 236 g/mol. The van der Waals surface area contributed by atoms with E-state index in [1.165, 1.54) is 0 Å². The van der Waals surface area contributed by atoms with Gasteiger partial charge < -0.3 is 15.7 Å². The molecule has 3 N–H and O–H groups in total. The predicted octanol–water partition coefficient (Wildman–Crippen LogP) is 1.91. The standard InChI is InChI=1S/C12H16N2O2S/c1-8-7-14(5-6-17-8)10-4-2-3-9(11(10)13)12(15)16/h2-4,8H,5-7,13H2,1H3,(H,15,16). The molecule has 0 spiro atoms. The zero-order valence-corrected chi connectivity index (χ0v) is 10.5. The van der Waals surface area contributed by atoms with Gasteiger partial charge in [-0.2, -0.15) is 11.8 Å². The number of nitrogens with two attached hydrogens (primary N) is 1. The molecule has 0 saturated carbocycles. The fourth-order valence-corrected chi connectivity index (χ4v) is 3.07. The third kappa shape index (κ3) is 2.49. The number of carbonyl (C=O) groups is 1. The number of para-hydroxylation sites is 1. The summed E-state index contributed by atoms with van der Waals surface area (Å²) in [4.78, 5) is 13.2. The third-order valence-electron chi connectivity index (χ3n) is 2.90. The molecule has 0 aromatic heterocycles. The summed E-state index contributed by atoms with van der Waals surface area (Å²) >= 11 is 1.93. The number of hydrogen-bond acceptors (Lipinski definition) is 4. The van der Waals surface area contributed by atoms with Crippen molar-refractivity contribution in [1.82, 2.24) is 0 Å². The number of nitrogens with zero attached hydrogens (tertiary/aromatic N) is 1. The molecule has 1 aliphatic rings. The average Bonchev–Trinajstić information content (AvgIpc) is 2.29. The number of aromatic carboxylic acids is 1. The van der Waals surface area contributed by atoms with Crippen molar-refractivity contribution in [2.45, 2.75) is 12.2 Å². The molecular formula is C12H16N2O2S. The van der Waals surface area contributed by atoms with Crippen LogP contribution >= 0.6 is 11.8 Å². The lowest BCUT2D eigenvalue weighted by molar-refractivity contribution is 0.0698. The van der Waals surface area contributed by atoms with Gasteiger partial charge in [0.1, 0.15) is 0 Å². The molecule has 1 aromatic carbocycles. The van der Waals surface area contributed by atoms with Crippen LogP contribution in [0.1, 0.15) is 17.3 Å². The lowest BCUT2D eigenvalue weighted by Crippen LogP contribution is -2.37. The number of hydrogen-bond donors (Lipinski definition) is 2. The summed E-state index contributed by atoms with van der Waals surface area (Å²) in [5.74, 6) is 0.0848. The van der Waals surface area contributed by atoms with E-state index in [1.54, 1.807) is 12.1 Å². The van der Waals surface area contributed by atoms with Crippen LogP contribution in [0.2, 0.25) is 0 Å². The number of rotatable bonds is 2. The van der Waals surface area contributed by atoms with Crippen LogP contribution in [-0.2, 0) is 0 Å². The number of carboxylic acid groups (broad SMARTS) is 1. The molecule has 0 amide bonds. The van der Waals surface area contributed by atoms with Crippen molar-refractivity contribution in [3.8, 4) is 0 Å². The van der Waals surface area contributed by atoms with Crippen LogP contribution < -0.4 is 10.6 Å². The number of benzene rings is 1. The number of anilines is 2. The molecule has 17 heavy (non-hydrogen) atoms. The van der Waals surface area contributed by atoms with Gasteiger partial charge in [0.15, 0.2) is 0 Å². The van der Waals surface area contributed by atoms with Crippen LogP contribution in [-0.4, -0.2) is 35.2 Å². The van der Waals surface area contributed by atoms with Gasteiger partial charge in [0, 0.05) is 24.1 Å². The highest BCUT2D eigenvalue weighted by molar-refractivity contribution is 8.00. The molecule has 1 heterocycles. The van der Waals surface area contributed by atoms with Crippen molar-refractivity contribution >= 4 is 29.1 Å². The zero-order valence-electron chi connectivity index (χ0n) is 9.72. The lowest BCUT2D eigenvalue weighted by Gasteiger charge is -2.33. The Morgan fingerprint density at radius 1 is 1.59 bits per heavy atom. The van der Waals surface area contributed by atoms with Crippen LogP contribution in [0, 0.1) is 0 Å². The Hall–Kier alpha value is -1.36. The molecule has 1 saturated heterocycles. The summed E-state index contributed by atoms with van der Waals surface area (Å²) in [6, 6.07) is 5.19. The SMILES string of the molecule is CC1CN(c2cccc(C(=O)O)c2N)CCS1. The van der Waals surface area contributed by atoms with Crippen molar-refractivity contribution in [1.29, 1.82) is 0 Å². The Bertz CT molecular complexity index is 437. The topological polar surface area (TPSA) is 66.6 Å². The molecule has 1 aromatic rings. The lowest BCUT2D eigenvalue weighted by atomic mass is 10.1. The predicted molar refractivity (Wildman–Crippen MR) is 71.9 cm³/mol. The number of thioether (sulfide) groups is 1. The molecule has 1 unspecified atom stereocenters. The molecule has 1 aliphatic heterocycles. The number of nitrogen functional groups attached to an aromatic ring is 1. The first-order valence-corrected chi connectivity index (χ1v) is 6.63. The molecule has 0 aliphatic carbocycles. The fraction of sp³-hybridized carbons (Fsp3) is 0.417. The molecule has 0 radical (unpaired) electrons. The highest BCUT2D eigenvalue weighted by Gasteiger charge is 2.20. The minimum atomic E-state index is -0.969. The Kier molecular flexibility index (Phi) is 3.47.